The van der Waals surface area contributed by atoms with E-state index in [4.69, 9.17) is 20.6 Å². The molecule has 0 amide bonds. The van der Waals surface area contributed by atoms with E-state index in [0.29, 0.717) is 30.0 Å². The van der Waals surface area contributed by atoms with Crippen molar-refractivity contribution >= 4 is 29.9 Å². The van der Waals surface area contributed by atoms with Crippen LogP contribution < -0.4 is 11.1 Å². The van der Waals surface area contributed by atoms with E-state index in [1.165, 1.54) is 0 Å². The maximum absolute atomic E-state index is 11.8. The minimum Gasteiger partial charge on any atom is -0.479 e. The summed E-state index contributed by atoms with van der Waals surface area (Å²) in [5, 5.41) is 20.1. The number of ether oxygens (including phenoxy) is 2. The fourth-order valence-electron chi connectivity index (χ4n) is 2.66. The van der Waals surface area contributed by atoms with Crippen molar-refractivity contribution in [2.24, 2.45) is 5.73 Å². The summed E-state index contributed by atoms with van der Waals surface area (Å²) >= 11 is 0. The van der Waals surface area contributed by atoms with Crippen LogP contribution in [0.5, 0.6) is 0 Å². The van der Waals surface area contributed by atoms with Crippen LogP contribution in [0.3, 0.4) is 0 Å². The Hall–Kier alpha value is -2.61. The first-order chi connectivity index (χ1) is 12.4. The number of carboxylic acids is 1. The Labute approximate surface area is 164 Å². The molecule has 1 unspecified atom stereocenters. The lowest BCUT2D eigenvalue weighted by Gasteiger charge is -2.18. The molecule has 2 rings (SSSR count). The zero-order valence-corrected chi connectivity index (χ0v) is 16.0. The number of methoxy groups -OCH3 is 2. The molecule has 0 fully saturated rings. The number of halogens is 1. The monoisotopic (exact) mass is 393 g/mol. The third-order valence-electron chi connectivity index (χ3n) is 3.78. The molecule has 2 aromatic carbocycles. The molecule has 1 atom stereocenters. The third-order valence-corrected chi connectivity index (χ3v) is 3.78. The Kier molecular flexibility index (Phi) is 8.74. The van der Waals surface area contributed by atoms with Gasteiger partial charge in [0.25, 0.3) is 0 Å². The molecule has 146 valence electrons. The Morgan fingerprint density at radius 3 is 2.04 bits per heavy atom. The van der Waals surface area contributed by atoms with Gasteiger partial charge in [0, 0.05) is 25.5 Å². The molecular formula is C19H24ClN3O4. The van der Waals surface area contributed by atoms with Gasteiger partial charge in [0.05, 0.1) is 13.2 Å². The van der Waals surface area contributed by atoms with Crippen LogP contribution >= 0.6 is 12.4 Å². The fourth-order valence-corrected chi connectivity index (χ4v) is 2.66. The minimum atomic E-state index is -1.00. The molecule has 27 heavy (non-hydrogen) atoms. The molecule has 0 bridgehead atoms. The summed E-state index contributed by atoms with van der Waals surface area (Å²) < 4.78 is 10.3. The lowest BCUT2D eigenvalue weighted by Crippen LogP contribution is -2.21. The zero-order chi connectivity index (χ0) is 19.1. The summed E-state index contributed by atoms with van der Waals surface area (Å²) in [6.45, 7) is 0.758. The highest BCUT2D eigenvalue weighted by atomic mass is 35.5. The number of amidine groups is 1. The quantitative estimate of drug-likeness (QED) is 0.384. The lowest BCUT2D eigenvalue weighted by atomic mass is 10.00. The second-order valence-electron chi connectivity index (χ2n) is 5.86. The largest absolute Gasteiger partial charge is 0.479 e. The fraction of sp³-hybridized carbons (Fsp3) is 0.263. The number of benzene rings is 2. The van der Waals surface area contributed by atoms with E-state index in [1.807, 2.05) is 6.07 Å². The third kappa shape index (κ3) is 6.25. The van der Waals surface area contributed by atoms with Crippen molar-refractivity contribution in [1.29, 1.82) is 5.41 Å². The SMILES string of the molecule is COCc1cc(COC)cc(C(Nc2ccc(C(=N)N)cc2)C(=O)O)c1.Cl. The first-order valence-corrected chi connectivity index (χ1v) is 7.99. The molecule has 0 aromatic heterocycles. The van der Waals surface area contributed by atoms with Gasteiger partial charge in [0.15, 0.2) is 6.04 Å². The van der Waals surface area contributed by atoms with E-state index in [9.17, 15) is 9.90 Å². The number of nitrogens with two attached hydrogens (primary N) is 1. The molecule has 8 heteroatoms. The van der Waals surface area contributed by atoms with E-state index in [2.05, 4.69) is 5.32 Å². The number of aliphatic carboxylic acids is 1. The summed E-state index contributed by atoms with van der Waals surface area (Å²) in [5.74, 6) is -1.04. The van der Waals surface area contributed by atoms with Crippen LogP contribution in [-0.2, 0) is 27.5 Å². The van der Waals surface area contributed by atoms with Gasteiger partial charge >= 0.3 is 5.97 Å². The number of nitrogens with one attached hydrogen (secondary N) is 2. The lowest BCUT2D eigenvalue weighted by molar-refractivity contribution is -0.138. The standard InChI is InChI=1S/C19H23N3O4.ClH/c1-25-10-12-7-13(11-26-2)9-15(8-12)17(19(23)24)22-16-5-3-14(4-6-16)18(20)21;/h3-9,17,22H,10-11H2,1-2H3,(H3,20,21)(H,23,24);1H. The van der Waals surface area contributed by atoms with Crippen molar-refractivity contribution in [2.75, 3.05) is 19.5 Å². The molecule has 0 aliphatic rings. The van der Waals surface area contributed by atoms with Gasteiger partial charge in [-0.2, -0.15) is 0 Å². The van der Waals surface area contributed by atoms with Crippen molar-refractivity contribution in [1.82, 2.24) is 0 Å². The van der Waals surface area contributed by atoms with Gasteiger partial charge in [-0.05, 0) is 41.0 Å². The maximum Gasteiger partial charge on any atom is 0.330 e. The van der Waals surface area contributed by atoms with Crippen LogP contribution in [-0.4, -0.2) is 31.1 Å². The van der Waals surface area contributed by atoms with Crippen LogP contribution in [0.1, 0.15) is 28.3 Å². The molecule has 0 saturated carbocycles. The van der Waals surface area contributed by atoms with Crippen molar-refractivity contribution < 1.29 is 19.4 Å². The smallest absolute Gasteiger partial charge is 0.330 e. The van der Waals surface area contributed by atoms with Gasteiger partial charge in [-0.3, -0.25) is 5.41 Å². The Bertz CT molecular complexity index is 757. The zero-order valence-electron chi connectivity index (χ0n) is 15.2. The molecule has 2 aromatic rings. The van der Waals surface area contributed by atoms with Crippen molar-refractivity contribution in [3.63, 3.8) is 0 Å². The Morgan fingerprint density at radius 2 is 1.63 bits per heavy atom. The van der Waals surface area contributed by atoms with Crippen LogP contribution in [0.4, 0.5) is 5.69 Å². The normalized spacial score (nSPS) is 11.3. The predicted octanol–water partition coefficient (Wildman–Crippen LogP) is 2.92. The molecule has 0 spiro atoms. The number of anilines is 1. The summed E-state index contributed by atoms with van der Waals surface area (Å²) in [6.07, 6.45) is 0. The van der Waals surface area contributed by atoms with Gasteiger partial charge in [0.1, 0.15) is 5.84 Å². The molecular weight excluding hydrogens is 370 g/mol. The van der Waals surface area contributed by atoms with Crippen molar-refractivity contribution in [3.8, 4) is 0 Å². The summed E-state index contributed by atoms with van der Waals surface area (Å²) in [7, 11) is 3.18. The molecule has 0 aliphatic carbocycles. The van der Waals surface area contributed by atoms with E-state index in [1.54, 1.807) is 50.6 Å². The topological polar surface area (TPSA) is 118 Å². The molecule has 5 N–H and O–H groups in total. The van der Waals surface area contributed by atoms with Crippen molar-refractivity contribution in [2.45, 2.75) is 19.3 Å². The van der Waals surface area contributed by atoms with Crippen LogP contribution in [0, 0.1) is 5.41 Å². The van der Waals surface area contributed by atoms with E-state index in [0.717, 1.165) is 11.1 Å². The summed E-state index contributed by atoms with van der Waals surface area (Å²) in [6, 6.07) is 11.3. The highest BCUT2D eigenvalue weighted by molar-refractivity contribution is 5.95. The average Bonchev–Trinajstić information content (AvgIpc) is 2.60. The number of nitrogen functional groups attached to an aromatic ring is 1. The maximum atomic E-state index is 11.8. The van der Waals surface area contributed by atoms with Crippen LogP contribution in [0.25, 0.3) is 0 Å². The molecule has 7 nitrogen and oxygen atoms in total. The number of carboxylic acid groups (broad SMARTS) is 1. The van der Waals surface area contributed by atoms with Crippen molar-refractivity contribution in [3.05, 3.63) is 64.7 Å². The van der Waals surface area contributed by atoms with E-state index < -0.39 is 12.0 Å². The van der Waals surface area contributed by atoms with Crippen LogP contribution in [0.15, 0.2) is 42.5 Å². The number of carbonyl (C=O) groups is 1. The highest BCUT2D eigenvalue weighted by Gasteiger charge is 2.21. The number of rotatable bonds is 9. The molecule has 0 radical (unpaired) electrons. The first kappa shape index (κ1) is 22.4. The second kappa shape index (κ2) is 10.5. The minimum absolute atomic E-state index is 0. The van der Waals surface area contributed by atoms with Gasteiger partial charge in [0.2, 0.25) is 0 Å². The van der Waals surface area contributed by atoms with Gasteiger partial charge in [-0.1, -0.05) is 18.2 Å². The second-order valence-corrected chi connectivity index (χ2v) is 5.86. The number of hydrogen-bond donors (Lipinski definition) is 4. The van der Waals surface area contributed by atoms with E-state index >= 15 is 0 Å². The van der Waals surface area contributed by atoms with Crippen LogP contribution in [0.2, 0.25) is 0 Å². The Morgan fingerprint density at radius 1 is 1.11 bits per heavy atom. The highest BCUT2D eigenvalue weighted by Crippen LogP contribution is 2.24. The average molecular weight is 394 g/mol. The first-order valence-electron chi connectivity index (χ1n) is 7.99. The molecule has 0 saturated heterocycles. The number of hydrogen-bond acceptors (Lipinski definition) is 5. The van der Waals surface area contributed by atoms with Gasteiger partial charge in [-0.15, -0.1) is 12.4 Å². The van der Waals surface area contributed by atoms with E-state index in [-0.39, 0.29) is 18.2 Å². The van der Waals surface area contributed by atoms with Gasteiger partial charge in [-0.25, -0.2) is 4.79 Å². The molecule has 0 aliphatic heterocycles. The summed E-state index contributed by atoms with van der Waals surface area (Å²) in [5.41, 5.74) is 8.98. The van der Waals surface area contributed by atoms with Gasteiger partial charge < -0.3 is 25.6 Å². The summed E-state index contributed by atoms with van der Waals surface area (Å²) in [4.78, 5) is 11.8. The molecule has 0 heterocycles. The Balaban J connectivity index is 0.00000364. The predicted molar refractivity (Wildman–Crippen MR) is 107 cm³/mol.